The topological polar surface area (TPSA) is 42.7 Å². The van der Waals surface area contributed by atoms with Crippen molar-refractivity contribution in [3.63, 3.8) is 0 Å². The number of fused-ring (bicyclic) bond motifs is 1. The summed E-state index contributed by atoms with van der Waals surface area (Å²) in [6, 6.07) is 2.03. The van der Waals surface area contributed by atoms with Gasteiger partial charge in [0.25, 0.3) is 0 Å². The zero-order valence-electron chi connectivity index (χ0n) is 11.0. The smallest absolute Gasteiger partial charge is 0.141 e. The minimum atomic E-state index is -0.0406. The maximum absolute atomic E-state index is 5.45. The SMILES string of the molecule is CCCc1nc(N2CCOC(S)C2)cc2nccn12. The fourth-order valence-corrected chi connectivity index (χ4v) is 2.68. The van der Waals surface area contributed by atoms with Crippen LogP contribution in [0, 0.1) is 0 Å². The second kappa shape index (κ2) is 5.38. The van der Waals surface area contributed by atoms with E-state index >= 15 is 0 Å². The molecule has 0 aliphatic carbocycles. The van der Waals surface area contributed by atoms with Crippen LogP contribution in [-0.2, 0) is 11.2 Å². The Hall–Kier alpha value is -1.27. The lowest BCUT2D eigenvalue weighted by molar-refractivity contribution is 0.0993. The number of nitrogens with zero attached hydrogens (tertiary/aromatic N) is 4. The summed E-state index contributed by atoms with van der Waals surface area (Å²) in [7, 11) is 0. The van der Waals surface area contributed by atoms with Gasteiger partial charge in [0, 0.05) is 31.4 Å². The lowest BCUT2D eigenvalue weighted by Crippen LogP contribution is -2.40. The Balaban J connectivity index is 1.98. The van der Waals surface area contributed by atoms with Crippen LogP contribution in [0.3, 0.4) is 0 Å². The molecule has 6 heteroatoms. The van der Waals surface area contributed by atoms with E-state index in [0.29, 0.717) is 6.61 Å². The van der Waals surface area contributed by atoms with Gasteiger partial charge in [-0.3, -0.25) is 4.40 Å². The minimum absolute atomic E-state index is 0.0406. The van der Waals surface area contributed by atoms with Crippen LogP contribution in [0.5, 0.6) is 0 Å². The molecule has 0 aromatic carbocycles. The summed E-state index contributed by atoms with van der Waals surface area (Å²) in [6.07, 6.45) is 5.82. The highest BCUT2D eigenvalue weighted by molar-refractivity contribution is 7.80. The normalized spacial score (nSPS) is 20.1. The molecule has 19 heavy (non-hydrogen) atoms. The molecule has 1 unspecified atom stereocenters. The molecule has 2 aromatic rings. The van der Waals surface area contributed by atoms with Crippen molar-refractivity contribution in [2.45, 2.75) is 25.2 Å². The Kier molecular flexibility index (Phi) is 3.61. The highest BCUT2D eigenvalue weighted by Gasteiger charge is 2.20. The number of ether oxygens (including phenoxy) is 1. The zero-order valence-corrected chi connectivity index (χ0v) is 11.9. The van der Waals surface area contributed by atoms with Gasteiger partial charge in [-0.15, -0.1) is 12.6 Å². The fraction of sp³-hybridized carbons (Fsp3) is 0.538. The number of hydrogen-bond acceptors (Lipinski definition) is 5. The number of hydrogen-bond donors (Lipinski definition) is 1. The van der Waals surface area contributed by atoms with Crippen LogP contribution >= 0.6 is 12.6 Å². The van der Waals surface area contributed by atoms with Crippen LogP contribution in [0.1, 0.15) is 19.2 Å². The lowest BCUT2D eigenvalue weighted by Gasteiger charge is -2.31. The largest absolute Gasteiger partial charge is 0.364 e. The first-order valence-corrected chi connectivity index (χ1v) is 7.17. The standard InChI is InChI=1S/C13H18N4OS/c1-2-3-10-15-12(8-11-14-4-5-17(10)11)16-6-7-18-13(19)9-16/h4-5,8,13,19H,2-3,6-7,9H2,1H3. The number of rotatable bonds is 3. The number of anilines is 1. The third-order valence-electron chi connectivity index (χ3n) is 3.29. The van der Waals surface area contributed by atoms with Crippen LogP contribution in [0.4, 0.5) is 5.82 Å². The van der Waals surface area contributed by atoms with Crippen LogP contribution in [0.25, 0.3) is 5.65 Å². The Morgan fingerprint density at radius 3 is 3.21 bits per heavy atom. The summed E-state index contributed by atoms with van der Waals surface area (Å²) >= 11 is 4.39. The third-order valence-corrected chi connectivity index (χ3v) is 3.61. The van der Waals surface area contributed by atoms with Gasteiger partial charge >= 0.3 is 0 Å². The first-order chi connectivity index (χ1) is 9.28. The van der Waals surface area contributed by atoms with Crippen molar-refractivity contribution < 1.29 is 4.74 Å². The number of morpholine rings is 1. The van der Waals surface area contributed by atoms with Gasteiger partial charge in [0.05, 0.1) is 13.2 Å². The van der Waals surface area contributed by atoms with Gasteiger partial charge in [-0.05, 0) is 6.42 Å². The highest BCUT2D eigenvalue weighted by atomic mass is 32.1. The Bertz CT molecular complexity index is 571. The van der Waals surface area contributed by atoms with E-state index in [2.05, 4.69) is 33.8 Å². The summed E-state index contributed by atoms with van der Waals surface area (Å²) in [6.45, 7) is 4.47. The van der Waals surface area contributed by atoms with Gasteiger partial charge in [-0.2, -0.15) is 0 Å². The molecule has 0 amide bonds. The average molecular weight is 278 g/mol. The molecule has 2 aromatic heterocycles. The average Bonchev–Trinajstić information content (AvgIpc) is 2.87. The van der Waals surface area contributed by atoms with Gasteiger partial charge in [0.15, 0.2) is 0 Å². The van der Waals surface area contributed by atoms with Crippen molar-refractivity contribution in [2.75, 3.05) is 24.6 Å². The molecule has 3 heterocycles. The van der Waals surface area contributed by atoms with Crippen molar-refractivity contribution >= 4 is 24.1 Å². The quantitative estimate of drug-likeness (QED) is 0.869. The number of aryl methyl sites for hydroxylation is 1. The summed E-state index contributed by atoms with van der Waals surface area (Å²) in [5.74, 6) is 2.04. The predicted octanol–water partition coefficient (Wildman–Crippen LogP) is 1.77. The third kappa shape index (κ3) is 2.55. The van der Waals surface area contributed by atoms with E-state index < -0.39 is 0 Å². The molecule has 0 radical (unpaired) electrons. The molecule has 0 N–H and O–H groups in total. The van der Waals surface area contributed by atoms with Crippen molar-refractivity contribution in [1.82, 2.24) is 14.4 Å². The zero-order chi connectivity index (χ0) is 13.2. The Morgan fingerprint density at radius 1 is 1.53 bits per heavy atom. The number of aromatic nitrogens is 3. The van der Waals surface area contributed by atoms with Crippen LogP contribution in [-0.4, -0.2) is 39.5 Å². The summed E-state index contributed by atoms with van der Waals surface area (Å²) in [5.41, 5.74) is 0.914. The summed E-state index contributed by atoms with van der Waals surface area (Å²) in [5, 5.41) is 0. The van der Waals surface area contributed by atoms with Crippen LogP contribution in [0.15, 0.2) is 18.5 Å². The Labute approximate surface area is 118 Å². The van der Waals surface area contributed by atoms with E-state index in [1.165, 1.54) is 0 Å². The maximum atomic E-state index is 5.45. The summed E-state index contributed by atoms with van der Waals surface area (Å²) < 4.78 is 7.51. The van der Waals surface area contributed by atoms with Crippen LogP contribution < -0.4 is 4.90 Å². The molecule has 1 saturated heterocycles. The summed E-state index contributed by atoms with van der Waals surface area (Å²) in [4.78, 5) is 11.4. The molecule has 5 nitrogen and oxygen atoms in total. The molecular formula is C13H18N4OS. The van der Waals surface area contributed by atoms with Crippen molar-refractivity contribution in [3.8, 4) is 0 Å². The van der Waals surface area contributed by atoms with Crippen molar-refractivity contribution in [3.05, 3.63) is 24.3 Å². The molecule has 1 fully saturated rings. The fourth-order valence-electron chi connectivity index (χ4n) is 2.38. The van der Waals surface area contributed by atoms with Crippen molar-refractivity contribution in [1.29, 1.82) is 0 Å². The molecule has 1 aliphatic heterocycles. The second-order valence-corrected chi connectivity index (χ2v) is 5.28. The molecule has 3 rings (SSSR count). The van der Waals surface area contributed by atoms with Gasteiger partial charge in [-0.1, -0.05) is 6.92 Å². The van der Waals surface area contributed by atoms with Gasteiger partial charge in [0.1, 0.15) is 22.7 Å². The van der Waals surface area contributed by atoms with E-state index in [-0.39, 0.29) is 5.44 Å². The minimum Gasteiger partial charge on any atom is -0.364 e. The molecule has 0 bridgehead atoms. The molecule has 0 spiro atoms. The number of imidazole rings is 1. The van der Waals surface area contributed by atoms with Crippen LogP contribution in [0.2, 0.25) is 0 Å². The van der Waals surface area contributed by atoms with Gasteiger partial charge < -0.3 is 9.64 Å². The van der Waals surface area contributed by atoms with E-state index in [1.54, 1.807) is 0 Å². The lowest BCUT2D eigenvalue weighted by atomic mass is 10.3. The Morgan fingerprint density at radius 2 is 2.42 bits per heavy atom. The monoisotopic (exact) mass is 278 g/mol. The van der Waals surface area contributed by atoms with E-state index in [1.807, 2.05) is 18.5 Å². The van der Waals surface area contributed by atoms with Gasteiger partial charge in [0.2, 0.25) is 0 Å². The van der Waals surface area contributed by atoms with E-state index in [9.17, 15) is 0 Å². The molecule has 1 atom stereocenters. The van der Waals surface area contributed by atoms with Crippen molar-refractivity contribution in [2.24, 2.45) is 0 Å². The molecule has 0 saturated carbocycles. The molecular weight excluding hydrogens is 260 g/mol. The van der Waals surface area contributed by atoms with E-state index in [0.717, 1.165) is 43.2 Å². The first-order valence-electron chi connectivity index (χ1n) is 6.65. The second-order valence-electron chi connectivity index (χ2n) is 4.71. The maximum Gasteiger partial charge on any atom is 0.141 e. The number of thiol groups is 1. The van der Waals surface area contributed by atoms with Gasteiger partial charge in [-0.25, -0.2) is 9.97 Å². The van der Waals surface area contributed by atoms with E-state index in [4.69, 9.17) is 9.72 Å². The molecule has 1 aliphatic rings. The first kappa shape index (κ1) is 12.7. The highest BCUT2D eigenvalue weighted by Crippen LogP contribution is 2.20. The predicted molar refractivity (Wildman–Crippen MR) is 77.9 cm³/mol. The molecule has 102 valence electrons.